The minimum atomic E-state index is -0.0298. The van der Waals surface area contributed by atoms with E-state index in [-0.39, 0.29) is 18.7 Å². The van der Waals surface area contributed by atoms with E-state index in [1.807, 2.05) is 24.3 Å². The fourth-order valence-electron chi connectivity index (χ4n) is 3.18. The molecule has 2 aromatic heterocycles. The molecule has 3 heterocycles. The lowest BCUT2D eigenvalue weighted by atomic mass is 10.1. The van der Waals surface area contributed by atoms with E-state index in [1.165, 1.54) is 0 Å². The number of carbonyl (C=O) groups excluding carboxylic acids is 1. The minimum Gasteiger partial charge on any atom is -0.454 e. The van der Waals surface area contributed by atoms with Crippen molar-refractivity contribution < 1.29 is 14.3 Å². The van der Waals surface area contributed by atoms with Crippen LogP contribution in [0.25, 0.3) is 10.2 Å². The Morgan fingerprint density at radius 2 is 2.08 bits per heavy atom. The number of hydrogen-bond donors (Lipinski definition) is 1. The number of fused-ring (bicyclic) bond motifs is 2. The van der Waals surface area contributed by atoms with Crippen molar-refractivity contribution in [3.63, 3.8) is 0 Å². The largest absolute Gasteiger partial charge is 0.454 e. The Balaban J connectivity index is 1.44. The summed E-state index contributed by atoms with van der Waals surface area (Å²) in [5.74, 6) is 1.53. The molecule has 0 fully saturated rings. The van der Waals surface area contributed by atoms with Gasteiger partial charge >= 0.3 is 0 Å². The van der Waals surface area contributed by atoms with E-state index in [2.05, 4.69) is 35.2 Å². The zero-order valence-electron chi connectivity index (χ0n) is 14.2. The number of rotatable bonds is 5. The van der Waals surface area contributed by atoms with Gasteiger partial charge in [-0.25, -0.2) is 0 Å². The van der Waals surface area contributed by atoms with Crippen LogP contribution in [0.5, 0.6) is 11.5 Å². The van der Waals surface area contributed by atoms with Crippen LogP contribution < -0.4 is 14.8 Å². The molecule has 1 aliphatic rings. The number of ether oxygens (including phenoxy) is 2. The Kier molecular flexibility index (Phi) is 4.13. The lowest BCUT2D eigenvalue weighted by Crippen LogP contribution is -2.28. The van der Waals surface area contributed by atoms with Gasteiger partial charge in [0.15, 0.2) is 11.5 Å². The summed E-state index contributed by atoms with van der Waals surface area (Å²) in [6.07, 6.45) is 0.749. The van der Waals surface area contributed by atoms with Gasteiger partial charge in [-0.2, -0.15) is 0 Å². The van der Waals surface area contributed by atoms with E-state index in [1.54, 1.807) is 11.3 Å². The first-order chi connectivity index (χ1) is 12.1. The topological polar surface area (TPSA) is 52.5 Å². The average Bonchev–Trinajstić information content (AvgIpc) is 3.28. The molecule has 1 N–H and O–H groups in total. The van der Waals surface area contributed by atoms with Crippen LogP contribution in [-0.2, 0) is 6.42 Å². The molecule has 6 heteroatoms. The Morgan fingerprint density at radius 1 is 1.24 bits per heavy atom. The van der Waals surface area contributed by atoms with Crippen LogP contribution >= 0.6 is 11.3 Å². The smallest absolute Gasteiger partial charge is 0.267 e. The summed E-state index contributed by atoms with van der Waals surface area (Å²) in [5, 5.41) is 5.09. The van der Waals surface area contributed by atoms with Crippen LogP contribution in [0.2, 0.25) is 0 Å². The molecular formula is C19H20N2O3S. The highest BCUT2D eigenvalue weighted by Gasteiger charge is 2.18. The van der Waals surface area contributed by atoms with Crippen LogP contribution in [0.1, 0.15) is 35.9 Å². The summed E-state index contributed by atoms with van der Waals surface area (Å²) in [4.78, 5) is 12.6. The molecular weight excluding hydrogens is 336 g/mol. The fraction of sp³-hybridized carbons (Fsp3) is 0.316. The Morgan fingerprint density at radius 3 is 2.92 bits per heavy atom. The Bertz CT molecular complexity index is 926. The van der Waals surface area contributed by atoms with Crippen molar-refractivity contribution in [3.8, 4) is 11.5 Å². The Labute approximate surface area is 150 Å². The molecule has 130 valence electrons. The summed E-state index contributed by atoms with van der Waals surface area (Å²) < 4.78 is 14.0. The zero-order valence-corrected chi connectivity index (χ0v) is 15.1. The maximum Gasteiger partial charge on any atom is 0.267 e. The molecule has 0 aliphatic carbocycles. The molecule has 5 nitrogen and oxygen atoms in total. The third-order valence-corrected chi connectivity index (χ3v) is 5.20. The highest BCUT2D eigenvalue weighted by molar-refractivity contribution is 7.17. The van der Waals surface area contributed by atoms with Gasteiger partial charge in [-0.05, 0) is 55.5 Å². The van der Waals surface area contributed by atoms with Gasteiger partial charge in [0.2, 0.25) is 6.79 Å². The van der Waals surface area contributed by atoms with Crippen molar-refractivity contribution in [2.24, 2.45) is 0 Å². The van der Waals surface area contributed by atoms with Gasteiger partial charge in [0.25, 0.3) is 5.91 Å². The molecule has 25 heavy (non-hydrogen) atoms. The van der Waals surface area contributed by atoms with Crippen LogP contribution in [0.4, 0.5) is 0 Å². The summed E-state index contributed by atoms with van der Waals surface area (Å²) in [7, 11) is 0. The molecule has 0 bridgehead atoms. The lowest BCUT2D eigenvalue weighted by molar-refractivity contribution is 0.0944. The molecule has 0 spiro atoms. The summed E-state index contributed by atoms with van der Waals surface area (Å²) in [5.41, 5.74) is 2.97. The van der Waals surface area contributed by atoms with Crippen LogP contribution in [0.15, 0.2) is 35.7 Å². The SMILES string of the molecule is CC(C)n1c(C(=O)NCCc2ccc3c(c2)OCO3)cc2sccc21. The van der Waals surface area contributed by atoms with Crippen molar-refractivity contribution in [2.45, 2.75) is 26.3 Å². The molecule has 0 saturated heterocycles. The fourth-order valence-corrected chi connectivity index (χ4v) is 3.99. The normalized spacial score (nSPS) is 12.9. The second kappa shape index (κ2) is 6.44. The quantitative estimate of drug-likeness (QED) is 0.752. The van der Waals surface area contributed by atoms with Crippen molar-refractivity contribution in [3.05, 3.63) is 47.0 Å². The number of nitrogens with zero attached hydrogens (tertiary/aromatic N) is 1. The van der Waals surface area contributed by atoms with Gasteiger partial charge in [0.1, 0.15) is 5.69 Å². The summed E-state index contributed by atoms with van der Waals surface area (Å²) in [6, 6.07) is 10.2. The van der Waals surface area contributed by atoms with Crippen LogP contribution in [0.3, 0.4) is 0 Å². The molecule has 0 radical (unpaired) electrons. The van der Waals surface area contributed by atoms with Crippen molar-refractivity contribution >= 4 is 27.5 Å². The first-order valence-corrected chi connectivity index (χ1v) is 9.26. The molecule has 1 amide bonds. The van der Waals surface area contributed by atoms with Crippen LogP contribution in [0, 0.1) is 0 Å². The van der Waals surface area contributed by atoms with Gasteiger partial charge in [0.05, 0.1) is 10.2 Å². The lowest BCUT2D eigenvalue weighted by Gasteiger charge is -2.14. The molecule has 0 atom stereocenters. The average molecular weight is 356 g/mol. The summed E-state index contributed by atoms with van der Waals surface area (Å²) >= 11 is 1.66. The number of hydrogen-bond acceptors (Lipinski definition) is 4. The van der Waals surface area contributed by atoms with E-state index >= 15 is 0 Å². The van der Waals surface area contributed by atoms with Gasteiger partial charge in [0, 0.05) is 12.6 Å². The number of thiophene rings is 1. The second-order valence-electron chi connectivity index (χ2n) is 6.36. The predicted molar refractivity (Wildman–Crippen MR) is 98.8 cm³/mol. The second-order valence-corrected chi connectivity index (χ2v) is 7.30. The van der Waals surface area contributed by atoms with Crippen molar-refractivity contribution in [1.82, 2.24) is 9.88 Å². The number of amides is 1. The monoisotopic (exact) mass is 356 g/mol. The van der Waals surface area contributed by atoms with Gasteiger partial charge in [-0.15, -0.1) is 11.3 Å². The Hall–Kier alpha value is -2.47. The predicted octanol–water partition coefficient (Wildman–Crippen LogP) is 3.98. The van der Waals surface area contributed by atoms with Gasteiger partial charge in [-0.1, -0.05) is 6.07 Å². The number of benzene rings is 1. The van der Waals surface area contributed by atoms with Crippen molar-refractivity contribution in [1.29, 1.82) is 0 Å². The molecule has 1 aromatic carbocycles. The highest BCUT2D eigenvalue weighted by atomic mass is 32.1. The molecule has 1 aliphatic heterocycles. The minimum absolute atomic E-state index is 0.0298. The van der Waals surface area contributed by atoms with E-state index in [9.17, 15) is 4.79 Å². The third-order valence-electron chi connectivity index (χ3n) is 4.35. The number of nitrogens with one attached hydrogen (secondary N) is 1. The molecule has 0 unspecified atom stereocenters. The van der Waals surface area contributed by atoms with E-state index in [4.69, 9.17) is 9.47 Å². The first-order valence-electron chi connectivity index (χ1n) is 8.38. The molecule has 3 aromatic rings. The number of carbonyl (C=O) groups is 1. The van der Waals surface area contributed by atoms with Crippen molar-refractivity contribution in [2.75, 3.05) is 13.3 Å². The summed E-state index contributed by atoms with van der Waals surface area (Å²) in [6.45, 7) is 5.05. The van der Waals surface area contributed by atoms with E-state index in [0.29, 0.717) is 6.54 Å². The van der Waals surface area contributed by atoms with Gasteiger partial charge < -0.3 is 19.4 Å². The van der Waals surface area contributed by atoms with E-state index in [0.717, 1.165) is 39.4 Å². The van der Waals surface area contributed by atoms with E-state index < -0.39 is 0 Å². The zero-order chi connectivity index (χ0) is 17.4. The standard InChI is InChI=1S/C19H20N2O3S/c1-12(2)21-14-6-8-25-18(14)10-15(21)19(22)20-7-5-13-3-4-16-17(9-13)24-11-23-16/h3-4,6,8-10,12H,5,7,11H2,1-2H3,(H,20,22). The molecule has 0 saturated carbocycles. The number of aromatic nitrogens is 1. The van der Waals surface area contributed by atoms with Gasteiger partial charge in [-0.3, -0.25) is 4.79 Å². The molecule has 4 rings (SSSR count). The van der Waals surface area contributed by atoms with Crippen LogP contribution in [-0.4, -0.2) is 23.8 Å². The highest BCUT2D eigenvalue weighted by Crippen LogP contribution is 2.32. The maximum atomic E-state index is 12.6. The third kappa shape index (κ3) is 2.98. The first kappa shape index (κ1) is 16.0. The maximum absolute atomic E-state index is 12.6.